The maximum atomic E-state index is 12.2. The fourth-order valence-electron chi connectivity index (χ4n) is 2.63. The molecule has 0 aliphatic heterocycles. The van der Waals surface area contributed by atoms with Gasteiger partial charge in [-0.15, -0.1) is 0 Å². The number of hydrogen-bond donors (Lipinski definition) is 1. The van der Waals surface area contributed by atoms with E-state index >= 15 is 0 Å². The Bertz CT molecular complexity index is 873. The minimum atomic E-state index is -0.0311. The molecule has 7 heteroatoms. The van der Waals surface area contributed by atoms with Gasteiger partial charge < -0.3 is 5.32 Å². The lowest BCUT2D eigenvalue weighted by Gasteiger charge is -2.11. The Morgan fingerprint density at radius 2 is 2.00 bits per heavy atom. The molecular weight excluding hydrogens is 326 g/mol. The lowest BCUT2D eigenvalue weighted by molar-refractivity contribution is -0.120. The van der Waals surface area contributed by atoms with E-state index in [1.807, 2.05) is 38.1 Å². The van der Waals surface area contributed by atoms with Crippen molar-refractivity contribution in [1.29, 1.82) is 0 Å². The van der Waals surface area contributed by atoms with Gasteiger partial charge in [0, 0.05) is 28.5 Å². The number of nitrogens with one attached hydrogen (secondary N) is 1. The Morgan fingerprint density at radius 1 is 1.25 bits per heavy atom. The number of nitrogens with zero attached hydrogens (tertiary/aromatic N) is 4. The van der Waals surface area contributed by atoms with E-state index in [1.54, 1.807) is 4.52 Å². The van der Waals surface area contributed by atoms with E-state index in [0.717, 1.165) is 28.9 Å². The van der Waals surface area contributed by atoms with Crippen molar-refractivity contribution in [3.05, 3.63) is 58.1 Å². The smallest absolute Gasteiger partial charge is 0.252 e. The second kappa shape index (κ2) is 6.97. The van der Waals surface area contributed by atoms with E-state index in [1.165, 1.54) is 6.33 Å². The van der Waals surface area contributed by atoms with Crippen LogP contribution in [-0.4, -0.2) is 32.0 Å². The van der Waals surface area contributed by atoms with Crippen LogP contribution >= 0.6 is 11.6 Å². The van der Waals surface area contributed by atoms with Crippen molar-refractivity contribution < 1.29 is 4.79 Å². The van der Waals surface area contributed by atoms with Gasteiger partial charge in [0.2, 0.25) is 5.91 Å². The van der Waals surface area contributed by atoms with Crippen LogP contribution in [0.5, 0.6) is 0 Å². The summed E-state index contributed by atoms with van der Waals surface area (Å²) in [4.78, 5) is 20.7. The Kier molecular flexibility index (Phi) is 4.76. The van der Waals surface area contributed by atoms with Crippen molar-refractivity contribution in [1.82, 2.24) is 24.9 Å². The Morgan fingerprint density at radius 3 is 2.75 bits per heavy atom. The normalized spacial score (nSPS) is 11.0. The van der Waals surface area contributed by atoms with Crippen molar-refractivity contribution >= 4 is 23.3 Å². The minimum Gasteiger partial charge on any atom is -0.355 e. The lowest BCUT2D eigenvalue weighted by atomic mass is 10.1. The van der Waals surface area contributed by atoms with E-state index < -0.39 is 0 Å². The maximum absolute atomic E-state index is 12.2. The molecule has 1 amide bonds. The SMILES string of the molecule is Cc1nc2ncnn2c(C)c1CC(=O)NCCc1ccc(Cl)cc1. The van der Waals surface area contributed by atoms with Gasteiger partial charge in [-0.1, -0.05) is 23.7 Å². The van der Waals surface area contributed by atoms with Crippen molar-refractivity contribution in [3.63, 3.8) is 0 Å². The quantitative estimate of drug-likeness (QED) is 0.771. The molecular formula is C17H18ClN5O. The van der Waals surface area contributed by atoms with Crippen molar-refractivity contribution in [3.8, 4) is 0 Å². The van der Waals surface area contributed by atoms with Gasteiger partial charge in [0.15, 0.2) is 0 Å². The lowest BCUT2D eigenvalue weighted by Crippen LogP contribution is -2.28. The zero-order chi connectivity index (χ0) is 17.1. The fraction of sp³-hybridized carbons (Fsp3) is 0.294. The van der Waals surface area contributed by atoms with Gasteiger partial charge in [-0.05, 0) is 38.0 Å². The summed E-state index contributed by atoms with van der Waals surface area (Å²) in [5.74, 6) is 0.522. The average molecular weight is 344 g/mol. The number of carbonyl (C=O) groups excluding carboxylic acids is 1. The minimum absolute atomic E-state index is 0.0311. The number of aryl methyl sites for hydroxylation is 2. The molecule has 6 nitrogen and oxygen atoms in total. The van der Waals surface area contributed by atoms with Gasteiger partial charge in [0.1, 0.15) is 6.33 Å². The third-order valence-electron chi connectivity index (χ3n) is 3.98. The number of fused-ring (bicyclic) bond motifs is 1. The van der Waals surface area contributed by atoms with Gasteiger partial charge in [-0.3, -0.25) is 4.79 Å². The highest BCUT2D eigenvalue weighted by molar-refractivity contribution is 6.30. The molecule has 3 aromatic rings. The monoisotopic (exact) mass is 343 g/mol. The summed E-state index contributed by atoms with van der Waals surface area (Å²) in [5, 5.41) is 7.80. The molecule has 0 saturated heterocycles. The standard InChI is InChI=1S/C17H18ClN5O/c1-11-15(12(2)23-17(22-11)20-10-21-23)9-16(24)19-8-7-13-3-5-14(18)6-4-13/h3-6,10H,7-9H2,1-2H3,(H,19,24). The van der Waals surface area contributed by atoms with Crippen LogP contribution in [0, 0.1) is 13.8 Å². The molecule has 0 radical (unpaired) electrons. The number of amides is 1. The van der Waals surface area contributed by atoms with Crippen LogP contribution in [0.15, 0.2) is 30.6 Å². The van der Waals surface area contributed by atoms with Crippen LogP contribution in [0.1, 0.15) is 22.5 Å². The molecule has 3 rings (SSSR count). The molecule has 0 saturated carbocycles. The second-order valence-corrected chi connectivity index (χ2v) is 6.07. The molecule has 0 bridgehead atoms. The van der Waals surface area contributed by atoms with Crippen LogP contribution in [0.2, 0.25) is 5.02 Å². The first kappa shape index (κ1) is 16.4. The number of halogens is 1. The van der Waals surface area contributed by atoms with Crippen molar-refractivity contribution in [2.75, 3.05) is 6.54 Å². The molecule has 0 spiro atoms. The number of benzene rings is 1. The molecule has 2 heterocycles. The summed E-state index contributed by atoms with van der Waals surface area (Å²) in [5.41, 5.74) is 3.72. The molecule has 124 valence electrons. The zero-order valence-electron chi connectivity index (χ0n) is 13.6. The number of carbonyl (C=O) groups is 1. The summed E-state index contributed by atoms with van der Waals surface area (Å²) < 4.78 is 1.66. The van der Waals surface area contributed by atoms with Crippen LogP contribution in [0.25, 0.3) is 5.78 Å². The van der Waals surface area contributed by atoms with Crippen LogP contribution in [-0.2, 0) is 17.6 Å². The molecule has 0 aliphatic rings. The summed E-state index contributed by atoms with van der Waals surface area (Å²) in [6.07, 6.45) is 2.51. The van der Waals surface area contributed by atoms with Gasteiger partial charge in [-0.2, -0.15) is 10.1 Å². The van der Waals surface area contributed by atoms with Gasteiger partial charge >= 0.3 is 0 Å². The number of rotatable bonds is 5. The highest BCUT2D eigenvalue weighted by Gasteiger charge is 2.14. The molecule has 0 fully saturated rings. The molecule has 2 aromatic heterocycles. The molecule has 24 heavy (non-hydrogen) atoms. The van der Waals surface area contributed by atoms with Crippen LogP contribution in [0.3, 0.4) is 0 Å². The number of aromatic nitrogens is 4. The highest BCUT2D eigenvalue weighted by atomic mass is 35.5. The Hall–Kier alpha value is -2.47. The van der Waals surface area contributed by atoms with E-state index in [-0.39, 0.29) is 12.3 Å². The molecule has 0 aliphatic carbocycles. The highest BCUT2D eigenvalue weighted by Crippen LogP contribution is 2.13. The van der Waals surface area contributed by atoms with Crippen LogP contribution < -0.4 is 5.32 Å². The van der Waals surface area contributed by atoms with Crippen LogP contribution in [0.4, 0.5) is 0 Å². The topological polar surface area (TPSA) is 72.2 Å². The van der Waals surface area contributed by atoms with E-state index in [2.05, 4.69) is 20.4 Å². The number of hydrogen-bond acceptors (Lipinski definition) is 4. The van der Waals surface area contributed by atoms with Gasteiger partial charge in [0.25, 0.3) is 5.78 Å². The first-order valence-corrected chi connectivity index (χ1v) is 8.09. The Labute approximate surface area is 144 Å². The van der Waals surface area contributed by atoms with Crippen molar-refractivity contribution in [2.45, 2.75) is 26.7 Å². The van der Waals surface area contributed by atoms with E-state index in [4.69, 9.17) is 11.6 Å². The molecule has 1 aromatic carbocycles. The summed E-state index contributed by atoms with van der Waals surface area (Å²) in [6.45, 7) is 4.39. The third-order valence-corrected chi connectivity index (χ3v) is 4.23. The molecule has 0 atom stereocenters. The molecule has 1 N–H and O–H groups in total. The predicted molar refractivity (Wildman–Crippen MR) is 92.1 cm³/mol. The second-order valence-electron chi connectivity index (χ2n) is 5.64. The average Bonchev–Trinajstić information content (AvgIpc) is 3.02. The van der Waals surface area contributed by atoms with Gasteiger partial charge in [-0.25, -0.2) is 9.50 Å². The summed E-state index contributed by atoms with van der Waals surface area (Å²) in [7, 11) is 0. The molecule has 0 unspecified atom stereocenters. The van der Waals surface area contributed by atoms with Gasteiger partial charge in [0.05, 0.1) is 6.42 Å². The zero-order valence-corrected chi connectivity index (χ0v) is 14.3. The third kappa shape index (κ3) is 3.54. The maximum Gasteiger partial charge on any atom is 0.252 e. The fourth-order valence-corrected chi connectivity index (χ4v) is 2.76. The van der Waals surface area contributed by atoms with Crippen molar-refractivity contribution in [2.24, 2.45) is 0 Å². The van der Waals surface area contributed by atoms with E-state index in [9.17, 15) is 4.79 Å². The van der Waals surface area contributed by atoms with E-state index in [0.29, 0.717) is 17.3 Å². The first-order chi connectivity index (χ1) is 11.5. The summed E-state index contributed by atoms with van der Waals surface area (Å²) in [6, 6.07) is 7.63. The predicted octanol–water partition coefficient (Wildman–Crippen LogP) is 2.30. The Balaban J connectivity index is 1.61. The summed E-state index contributed by atoms with van der Waals surface area (Å²) >= 11 is 5.86. The largest absolute Gasteiger partial charge is 0.355 e. The first-order valence-electron chi connectivity index (χ1n) is 7.71.